The van der Waals surface area contributed by atoms with Gasteiger partial charge in [0.1, 0.15) is 0 Å². The van der Waals surface area contributed by atoms with E-state index in [0.717, 1.165) is 0 Å². The molecule has 0 aromatic heterocycles. The molecule has 0 radical (unpaired) electrons. The first-order chi connectivity index (χ1) is 9.43. The maximum absolute atomic E-state index is 10.6. The van der Waals surface area contributed by atoms with Crippen LogP contribution in [0.2, 0.25) is 0 Å². The molecule has 0 aliphatic carbocycles. The first-order valence-electron chi connectivity index (χ1n) is 5.72. The first kappa shape index (κ1) is 18.7. The summed E-state index contributed by atoms with van der Waals surface area (Å²) in [6.45, 7) is 0. The van der Waals surface area contributed by atoms with Gasteiger partial charge in [-0.15, -0.1) is 0 Å². The maximum Gasteiger partial charge on any atom is 2.00 e. The van der Waals surface area contributed by atoms with Gasteiger partial charge in [0.15, 0.2) is 0 Å². The number of nitrogens with two attached hydrogens (primary N) is 4. The molecule has 2 amide bonds. The topological polar surface area (TPSA) is 138 Å². The van der Waals surface area contributed by atoms with Crippen molar-refractivity contribution in [2.24, 2.45) is 11.5 Å². The van der Waals surface area contributed by atoms with E-state index in [0.29, 0.717) is 22.5 Å². The smallest absolute Gasteiger partial charge is 0.398 e. The molecule has 112 valence electrons. The SMILES string of the molecule is NC(=O)c1ccccc1N.NC(=O)c1ccccc1N.[Pt+2]. The van der Waals surface area contributed by atoms with Crippen molar-refractivity contribution in [2.75, 3.05) is 11.5 Å². The second kappa shape index (κ2) is 8.76. The van der Waals surface area contributed by atoms with Crippen LogP contribution in [0.4, 0.5) is 11.4 Å². The predicted octanol–water partition coefficient (Wildman–Crippen LogP) is 0.733. The molecule has 6 nitrogen and oxygen atoms in total. The average Bonchev–Trinajstić information content (AvgIpc) is 2.40. The molecule has 0 saturated heterocycles. The van der Waals surface area contributed by atoms with Crippen LogP contribution < -0.4 is 22.9 Å². The minimum absolute atomic E-state index is 0. The zero-order valence-corrected chi connectivity index (χ0v) is 13.3. The number of nitrogen functional groups attached to an aromatic ring is 2. The number of rotatable bonds is 2. The molecule has 0 spiro atoms. The number of benzene rings is 2. The van der Waals surface area contributed by atoms with E-state index >= 15 is 0 Å². The van der Waals surface area contributed by atoms with Gasteiger partial charge in [-0.05, 0) is 24.3 Å². The van der Waals surface area contributed by atoms with Crippen molar-refractivity contribution >= 4 is 23.2 Å². The third-order valence-electron chi connectivity index (χ3n) is 2.45. The van der Waals surface area contributed by atoms with E-state index in [1.165, 1.54) is 0 Å². The number of anilines is 2. The molecular weight excluding hydrogens is 451 g/mol. The van der Waals surface area contributed by atoms with E-state index in [9.17, 15) is 9.59 Å². The summed E-state index contributed by atoms with van der Waals surface area (Å²) in [7, 11) is 0. The van der Waals surface area contributed by atoms with E-state index in [2.05, 4.69) is 0 Å². The minimum atomic E-state index is -0.488. The van der Waals surface area contributed by atoms with Crippen molar-refractivity contribution in [1.29, 1.82) is 0 Å². The molecule has 0 fully saturated rings. The van der Waals surface area contributed by atoms with Crippen molar-refractivity contribution in [3.63, 3.8) is 0 Å². The van der Waals surface area contributed by atoms with E-state index in [1.54, 1.807) is 48.5 Å². The van der Waals surface area contributed by atoms with Gasteiger partial charge in [0.2, 0.25) is 0 Å². The molecule has 0 bridgehead atoms. The van der Waals surface area contributed by atoms with Crippen molar-refractivity contribution in [1.82, 2.24) is 0 Å². The largest absolute Gasteiger partial charge is 2.00 e. The van der Waals surface area contributed by atoms with E-state index < -0.39 is 11.8 Å². The third-order valence-corrected chi connectivity index (χ3v) is 2.45. The zero-order chi connectivity index (χ0) is 15.1. The number of carbonyl (C=O) groups excluding carboxylic acids is 2. The Balaban J connectivity index is 0.000000364. The van der Waals surface area contributed by atoms with Gasteiger partial charge < -0.3 is 22.9 Å². The average molecular weight is 467 g/mol. The van der Waals surface area contributed by atoms with Crippen LogP contribution >= 0.6 is 0 Å². The second-order valence-electron chi connectivity index (χ2n) is 3.90. The molecule has 0 saturated carbocycles. The fraction of sp³-hybridized carbons (Fsp3) is 0. The number of amides is 2. The van der Waals surface area contributed by atoms with E-state index in [4.69, 9.17) is 22.9 Å². The summed E-state index contributed by atoms with van der Waals surface area (Å²) < 4.78 is 0. The second-order valence-corrected chi connectivity index (χ2v) is 3.90. The molecule has 0 aliphatic heterocycles. The standard InChI is InChI=1S/2C7H8N2O.Pt/c2*8-6-4-2-1-3-5(6)7(9)10;/h2*1-4H,8H2,(H2,9,10);/q;;+2. The number of para-hydroxylation sites is 2. The van der Waals surface area contributed by atoms with Gasteiger partial charge in [0.25, 0.3) is 11.8 Å². The van der Waals surface area contributed by atoms with Crippen molar-refractivity contribution < 1.29 is 30.7 Å². The monoisotopic (exact) mass is 467 g/mol. The van der Waals surface area contributed by atoms with Crippen LogP contribution in [-0.2, 0) is 21.1 Å². The van der Waals surface area contributed by atoms with Crippen LogP contribution in [0.5, 0.6) is 0 Å². The molecule has 0 heterocycles. The summed E-state index contributed by atoms with van der Waals surface area (Å²) in [5, 5.41) is 0. The quantitative estimate of drug-likeness (QED) is 0.484. The Morgan fingerprint density at radius 3 is 1.14 bits per heavy atom. The molecule has 8 N–H and O–H groups in total. The summed E-state index contributed by atoms with van der Waals surface area (Å²) >= 11 is 0. The number of primary amides is 2. The summed E-state index contributed by atoms with van der Waals surface area (Å²) in [6.07, 6.45) is 0. The Morgan fingerprint density at radius 2 is 0.952 bits per heavy atom. The Labute approximate surface area is 136 Å². The molecule has 21 heavy (non-hydrogen) atoms. The first-order valence-corrected chi connectivity index (χ1v) is 5.72. The molecule has 0 aliphatic rings. The van der Waals surface area contributed by atoms with E-state index in [1.807, 2.05) is 0 Å². The zero-order valence-electron chi connectivity index (χ0n) is 11.1. The molecule has 2 aromatic carbocycles. The molecule has 0 atom stereocenters. The van der Waals surface area contributed by atoms with Crippen molar-refractivity contribution in [2.45, 2.75) is 0 Å². The fourth-order valence-corrected chi connectivity index (χ4v) is 1.44. The van der Waals surface area contributed by atoms with Gasteiger partial charge in [-0.3, -0.25) is 9.59 Å². The van der Waals surface area contributed by atoms with Crippen LogP contribution in [0.15, 0.2) is 48.5 Å². The van der Waals surface area contributed by atoms with Gasteiger partial charge in [-0.25, -0.2) is 0 Å². The maximum atomic E-state index is 10.6. The van der Waals surface area contributed by atoms with Crippen LogP contribution in [0.1, 0.15) is 20.7 Å². The third kappa shape index (κ3) is 5.67. The number of carbonyl (C=O) groups is 2. The van der Waals surface area contributed by atoms with Crippen LogP contribution in [0.3, 0.4) is 0 Å². The summed E-state index contributed by atoms with van der Waals surface area (Å²) in [6, 6.07) is 13.4. The summed E-state index contributed by atoms with van der Waals surface area (Å²) in [5.41, 5.74) is 22.4. The van der Waals surface area contributed by atoms with Gasteiger partial charge in [-0.2, -0.15) is 0 Å². The van der Waals surface area contributed by atoms with Crippen LogP contribution in [-0.4, -0.2) is 11.8 Å². The molecule has 2 rings (SSSR count). The fourth-order valence-electron chi connectivity index (χ4n) is 1.44. The van der Waals surface area contributed by atoms with Crippen LogP contribution in [0, 0.1) is 0 Å². The molecule has 0 unspecified atom stereocenters. The van der Waals surface area contributed by atoms with E-state index in [-0.39, 0.29) is 21.1 Å². The van der Waals surface area contributed by atoms with Gasteiger partial charge in [0, 0.05) is 11.4 Å². The number of hydrogen-bond donors (Lipinski definition) is 4. The Morgan fingerprint density at radius 1 is 0.667 bits per heavy atom. The number of hydrogen-bond acceptors (Lipinski definition) is 4. The van der Waals surface area contributed by atoms with Crippen molar-refractivity contribution in [3.05, 3.63) is 59.7 Å². The Hall–Kier alpha value is -2.33. The van der Waals surface area contributed by atoms with Gasteiger partial charge in [0.05, 0.1) is 11.1 Å². The Bertz CT molecular complexity index is 576. The summed E-state index contributed by atoms with van der Waals surface area (Å²) in [4.78, 5) is 21.1. The predicted molar refractivity (Wildman–Crippen MR) is 78.7 cm³/mol. The minimum Gasteiger partial charge on any atom is -0.398 e. The van der Waals surface area contributed by atoms with Crippen molar-refractivity contribution in [3.8, 4) is 0 Å². The molecular formula is C14H16N4O2Pt+2. The normalized spacial score (nSPS) is 8.76. The summed E-state index contributed by atoms with van der Waals surface area (Å²) in [5.74, 6) is -0.976. The van der Waals surface area contributed by atoms with Gasteiger partial charge >= 0.3 is 21.1 Å². The molecule has 2 aromatic rings. The molecule has 7 heteroatoms. The Kier molecular flexibility index (Phi) is 7.79. The van der Waals surface area contributed by atoms with Crippen LogP contribution in [0.25, 0.3) is 0 Å². The van der Waals surface area contributed by atoms with Gasteiger partial charge in [-0.1, -0.05) is 24.3 Å².